The molecule has 0 unspecified atom stereocenters. The van der Waals surface area contributed by atoms with Crippen LogP contribution in [0, 0.1) is 5.41 Å². The van der Waals surface area contributed by atoms with Crippen LogP contribution in [0.25, 0.3) is 0 Å². The second-order valence-corrected chi connectivity index (χ2v) is 5.17. The van der Waals surface area contributed by atoms with E-state index in [1.165, 1.54) is 0 Å². The standard InChI is InChI=1S/C16H23NO2/c1-3-16(8-10-17-11-9-16)15(18)13-6-5-7-14(12-13)19-4-2/h5-7,12,17H,3-4,8-11H2,1-2H3. The molecule has 1 aliphatic heterocycles. The number of carbonyl (C=O) groups is 1. The van der Waals surface area contributed by atoms with Crippen LogP contribution in [-0.4, -0.2) is 25.5 Å². The van der Waals surface area contributed by atoms with Crippen molar-refractivity contribution in [3.8, 4) is 5.75 Å². The van der Waals surface area contributed by atoms with Crippen LogP contribution in [0.15, 0.2) is 24.3 Å². The minimum atomic E-state index is -0.184. The lowest BCUT2D eigenvalue weighted by molar-refractivity contribution is 0.0717. The maximum Gasteiger partial charge on any atom is 0.169 e. The summed E-state index contributed by atoms with van der Waals surface area (Å²) in [6, 6.07) is 7.60. The van der Waals surface area contributed by atoms with Gasteiger partial charge in [-0.15, -0.1) is 0 Å². The third-order valence-electron chi connectivity index (χ3n) is 4.13. The highest BCUT2D eigenvalue weighted by atomic mass is 16.5. The molecular formula is C16H23NO2. The fraction of sp³-hybridized carbons (Fsp3) is 0.562. The van der Waals surface area contributed by atoms with E-state index in [2.05, 4.69) is 12.2 Å². The van der Waals surface area contributed by atoms with Gasteiger partial charge < -0.3 is 10.1 Å². The molecule has 0 bridgehead atoms. The van der Waals surface area contributed by atoms with Crippen LogP contribution in [0.2, 0.25) is 0 Å². The zero-order valence-electron chi connectivity index (χ0n) is 11.9. The van der Waals surface area contributed by atoms with Crippen LogP contribution >= 0.6 is 0 Å². The topological polar surface area (TPSA) is 38.3 Å². The summed E-state index contributed by atoms with van der Waals surface area (Å²) in [5, 5.41) is 3.33. The Labute approximate surface area is 115 Å². The molecule has 1 fully saturated rings. The second kappa shape index (κ2) is 6.20. The number of ketones is 1. The Bertz CT molecular complexity index is 436. The average Bonchev–Trinajstić information content (AvgIpc) is 2.48. The first-order valence-corrected chi connectivity index (χ1v) is 7.20. The summed E-state index contributed by atoms with van der Waals surface area (Å²) in [6.45, 7) is 6.57. The monoisotopic (exact) mass is 261 g/mol. The predicted octanol–water partition coefficient (Wildman–Crippen LogP) is 3.05. The molecule has 2 rings (SSSR count). The minimum Gasteiger partial charge on any atom is -0.494 e. The number of benzene rings is 1. The number of rotatable bonds is 5. The number of ether oxygens (including phenoxy) is 1. The molecule has 0 saturated carbocycles. The Morgan fingerprint density at radius 3 is 2.68 bits per heavy atom. The van der Waals surface area contributed by atoms with E-state index in [1.807, 2.05) is 31.2 Å². The van der Waals surface area contributed by atoms with Gasteiger partial charge in [0.1, 0.15) is 5.75 Å². The maximum atomic E-state index is 12.8. The van der Waals surface area contributed by atoms with Crippen molar-refractivity contribution in [2.24, 2.45) is 5.41 Å². The lowest BCUT2D eigenvalue weighted by atomic mass is 9.71. The van der Waals surface area contributed by atoms with E-state index in [4.69, 9.17) is 4.74 Å². The molecular weight excluding hydrogens is 238 g/mol. The first kappa shape index (κ1) is 14.1. The number of hydrogen-bond acceptors (Lipinski definition) is 3. The smallest absolute Gasteiger partial charge is 0.169 e. The van der Waals surface area contributed by atoms with Gasteiger partial charge in [-0.1, -0.05) is 19.1 Å². The fourth-order valence-corrected chi connectivity index (χ4v) is 2.85. The van der Waals surface area contributed by atoms with Crippen molar-refractivity contribution in [3.63, 3.8) is 0 Å². The summed E-state index contributed by atoms with van der Waals surface area (Å²) >= 11 is 0. The number of piperidine rings is 1. The summed E-state index contributed by atoms with van der Waals surface area (Å²) in [5.74, 6) is 1.06. The molecule has 1 heterocycles. The van der Waals surface area contributed by atoms with E-state index in [0.717, 1.165) is 43.7 Å². The van der Waals surface area contributed by atoms with Gasteiger partial charge in [-0.05, 0) is 51.4 Å². The van der Waals surface area contributed by atoms with E-state index in [1.54, 1.807) is 0 Å². The molecule has 0 atom stereocenters. The van der Waals surface area contributed by atoms with Gasteiger partial charge in [0, 0.05) is 11.0 Å². The van der Waals surface area contributed by atoms with Crippen LogP contribution < -0.4 is 10.1 Å². The highest BCUT2D eigenvalue weighted by Crippen LogP contribution is 2.36. The molecule has 1 aliphatic rings. The number of nitrogens with one attached hydrogen (secondary N) is 1. The van der Waals surface area contributed by atoms with Gasteiger partial charge in [0.05, 0.1) is 6.61 Å². The summed E-state index contributed by atoms with van der Waals surface area (Å²) in [4.78, 5) is 12.8. The molecule has 1 aromatic rings. The van der Waals surface area contributed by atoms with E-state index in [9.17, 15) is 4.79 Å². The van der Waals surface area contributed by atoms with Crippen molar-refractivity contribution >= 4 is 5.78 Å². The summed E-state index contributed by atoms with van der Waals surface area (Å²) < 4.78 is 5.49. The Morgan fingerprint density at radius 1 is 1.32 bits per heavy atom. The zero-order valence-corrected chi connectivity index (χ0v) is 11.9. The van der Waals surface area contributed by atoms with Gasteiger partial charge in [-0.2, -0.15) is 0 Å². The zero-order chi connectivity index (χ0) is 13.7. The molecule has 1 N–H and O–H groups in total. The molecule has 104 valence electrons. The highest BCUT2D eigenvalue weighted by Gasteiger charge is 2.38. The SMILES string of the molecule is CCOc1cccc(C(=O)C2(CC)CCNCC2)c1. The Morgan fingerprint density at radius 2 is 2.05 bits per heavy atom. The van der Waals surface area contributed by atoms with Crippen molar-refractivity contribution < 1.29 is 9.53 Å². The molecule has 0 aromatic heterocycles. The van der Waals surface area contributed by atoms with Gasteiger partial charge in [0.25, 0.3) is 0 Å². The van der Waals surface area contributed by atoms with E-state index in [-0.39, 0.29) is 11.2 Å². The minimum absolute atomic E-state index is 0.184. The van der Waals surface area contributed by atoms with Crippen molar-refractivity contribution in [1.82, 2.24) is 5.32 Å². The Kier molecular flexibility index (Phi) is 4.59. The van der Waals surface area contributed by atoms with Crippen LogP contribution in [0.3, 0.4) is 0 Å². The Balaban J connectivity index is 2.24. The second-order valence-electron chi connectivity index (χ2n) is 5.17. The number of carbonyl (C=O) groups excluding carboxylic acids is 1. The summed E-state index contributed by atoms with van der Waals surface area (Å²) in [6.07, 6.45) is 2.77. The average molecular weight is 261 g/mol. The first-order valence-electron chi connectivity index (χ1n) is 7.20. The van der Waals surface area contributed by atoms with Crippen molar-refractivity contribution in [2.45, 2.75) is 33.1 Å². The first-order chi connectivity index (χ1) is 9.22. The van der Waals surface area contributed by atoms with Gasteiger partial charge in [0.2, 0.25) is 0 Å². The number of Topliss-reactive ketones (excluding diaryl/α,β-unsaturated/α-hetero) is 1. The van der Waals surface area contributed by atoms with Crippen LogP contribution in [0.4, 0.5) is 0 Å². The third-order valence-corrected chi connectivity index (χ3v) is 4.13. The van der Waals surface area contributed by atoms with Gasteiger partial charge in [0.15, 0.2) is 5.78 Å². The lowest BCUT2D eigenvalue weighted by Gasteiger charge is -2.35. The molecule has 0 amide bonds. The van der Waals surface area contributed by atoms with Crippen LogP contribution in [0.1, 0.15) is 43.5 Å². The summed E-state index contributed by atoms with van der Waals surface area (Å²) in [7, 11) is 0. The van der Waals surface area contributed by atoms with Gasteiger partial charge in [-0.25, -0.2) is 0 Å². The van der Waals surface area contributed by atoms with Gasteiger partial charge in [-0.3, -0.25) is 4.79 Å². The lowest BCUT2D eigenvalue weighted by Crippen LogP contribution is -2.41. The van der Waals surface area contributed by atoms with Crippen molar-refractivity contribution in [1.29, 1.82) is 0 Å². The third kappa shape index (κ3) is 2.98. The van der Waals surface area contributed by atoms with Crippen LogP contribution in [0.5, 0.6) is 5.75 Å². The molecule has 0 spiro atoms. The van der Waals surface area contributed by atoms with Crippen LogP contribution in [-0.2, 0) is 0 Å². The van der Waals surface area contributed by atoms with Crippen molar-refractivity contribution in [3.05, 3.63) is 29.8 Å². The fourth-order valence-electron chi connectivity index (χ4n) is 2.85. The quantitative estimate of drug-likeness (QED) is 0.828. The highest BCUT2D eigenvalue weighted by molar-refractivity contribution is 6.00. The maximum absolute atomic E-state index is 12.8. The van der Waals surface area contributed by atoms with E-state index < -0.39 is 0 Å². The molecule has 3 nitrogen and oxygen atoms in total. The van der Waals surface area contributed by atoms with E-state index >= 15 is 0 Å². The summed E-state index contributed by atoms with van der Waals surface area (Å²) in [5.41, 5.74) is 0.602. The van der Waals surface area contributed by atoms with E-state index in [0.29, 0.717) is 6.61 Å². The molecule has 0 aliphatic carbocycles. The molecule has 1 aromatic carbocycles. The molecule has 3 heteroatoms. The molecule has 1 saturated heterocycles. The Hall–Kier alpha value is -1.35. The predicted molar refractivity (Wildman–Crippen MR) is 76.8 cm³/mol. The number of hydrogen-bond donors (Lipinski definition) is 1. The van der Waals surface area contributed by atoms with Gasteiger partial charge >= 0.3 is 0 Å². The largest absolute Gasteiger partial charge is 0.494 e. The molecule has 0 radical (unpaired) electrons. The van der Waals surface area contributed by atoms with Crippen molar-refractivity contribution in [2.75, 3.05) is 19.7 Å². The molecule has 19 heavy (non-hydrogen) atoms. The normalized spacial score (nSPS) is 18.0.